The molecule has 0 atom stereocenters. The second kappa shape index (κ2) is 8.57. The molecule has 1 aromatic carbocycles. The highest BCUT2D eigenvalue weighted by Crippen LogP contribution is 2.27. The Morgan fingerprint density at radius 2 is 1.83 bits per heavy atom. The van der Waals surface area contributed by atoms with Crippen LogP contribution < -0.4 is 5.32 Å². The minimum absolute atomic E-state index is 0.130. The fourth-order valence-electron chi connectivity index (χ4n) is 2.56. The molecule has 5 nitrogen and oxygen atoms in total. The Bertz CT molecular complexity index is 626. The summed E-state index contributed by atoms with van der Waals surface area (Å²) >= 11 is 3.48. The molecule has 3 N–H and O–H groups in total. The molecule has 0 radical (unpaired) electrons. The predicted molar refractivity (Wildman–Crippen MR) is 96.5 cm³/mol. The van der Waals surface area contributed by atoms with Gasteiger partial charge in [-0.3, -0.25) is 0 Å². The van der Waals surface area contributed by atoms with E-state index in [-0.39, 0.29) is 12.2 Å². The lowest BCUT2D eigenvalue weighted by atomic mass is 9.93. The summed E-state index contributed by atoms with van der Waals surface area (Å²) in [6.45, 7) is 3.44. The van der Waals surface area contributed by atoms with Gasteiger partial charge >= 0.3 is 0 Å². The minimum atomic E-state index is -0.167. The molecule has 1 aromatic heterocycles. The van der Waals surface area contributed by atoms with Gasteiger partial charge in [0.1, 0.15) is 12.1 Å². The average Bonchev–Trinajstić information content (AvgIpc) is 2.49. The molecule has 0 spiro atoms. The molecule has 1 fully saturated rings. The number of hydrogen-bond donors (Lipinski definition) is 3. The number of aliphatic hydroxyl groups is 2. The number of nitrogens with zero attached hydrogens (tertiary/aromatic N) is 2. The van der Waals surface area contributed by atoms with Gasteiger partial charge in [0, 0.05) is 22.0 Å². The van der Waals surface area contributed by atoms with E-state index in [2.05, 4.69) is 31.2 Å². The minimum Gasteiger partial charge on any atom is -0.394 e. The number of aromatic nitrogens is 2. The SMILES string of the molecule is CC(C)O.OC1CCC(Nc2ncnc3ccc(Br)cc23)CC1. The number of hydrogen-bond acceptors (Lipinski definition) is 5. The van der Waals surface area contributed by atoms with Gasteiger partial charge in [0.2, 0.25) is 0 Å². The van der Waals surface area contributed by atoms with E-state index in [1.165, 1.54) is 0 Å². The predicted octanol–water partition coefficient (Wildman–Crippen LogP) is 3.49. The Morgan fingerprint density at radius 3 is 2.48 bits per heavy atom. The lowest BCUT2D eigenvalue weighted by Gasteiger charge is -2.26. The Kier molecular flexibility index (Phi) is 6.74. The summed E-state index contributed by atoms with van der Waals surface area (Å²) < 4.78 is 1.02. The van der Waals surface area contributed by atoms with Gasteiger partial charge in [-0.15, -0.1) is 0 Å². The van der Waals surface area contributed by atoms with Gasteiger partial charge in [0.15, 0.2) is 0 Å². The fraction of sp³-hybridized carbons (Fsp3) is 0.529. The van der Waals surface area contributed by atoms with Gasteiger partial charge in [-0.1, -0.05) is 15.9 Å². The molecule has 0 unspecified atom stereocenters. The third kappa shape index (κ3) is 5.71. The van der Waals surface area contributed by atoms with Gasteiger partial charge in [-0.2, -0.15) is 0 Å². The molecule has 3 rings (SSSR count). The Morgan fingerprint density at radius 1 is 1.17 bits per heavy atom. The lowest BCUT2D eigenvalue weighted by Crippen LogP contribution is -2.28. The van der Waals surface area contributed by atoms with Crippen LogP contribution in [0.1, 0.15) is 39.5 Å². The lowest BCUT2D eigenvalue weighted by molar-refractivity contribution is 0.126. The van der Waals surface area contributed by atoms with Gasteiger partial charge in [0.25, 0.3) is 0 Å². The smallest absolute Gasteiger partial charge is 0.137 e. The molecular weight excluding hydrogens is 358 g/mol. The highest BCUT2D eigenvalue weighted by Gasteiger charge is 2.20. The average molecular weight is 382 g/mol. The van der Waals surface area contributed by atoms with Crippen molar-refractivity contribution < 1.29 is 10.2 Å². The first-order valence-electron chi connectivity index (χ1n) is 7.98. The number of rotatable bonds is 2. The second-order valence-electron chi connectivity index (χ2n) is 6.13. The maximum Gasteiger partial charge on any atom is 0.137 e. The molecule has 0 amide bonds. The molecule has 6 heteroatoms. The van der Waals surface area contributed by atoms with Crippen molar-refractivity contribution in [1.29, 1.82) is 0 Å². The Labute approximate surface area is 145 Å². The van der Waals surface area contributed by atoms with Crippen LogP contribution in [-0.4, -0.2) is 38.4 Å². The van der Waals surface area contributed by atoms with Crippen LogP contribution in [0.25, 0.3) is 10.9 Å². The Hall–Kier alpha value is -1.24. The van der Waals surface area contributed by atoms with E-state index in [4.69, 9.17) is 5.11 Å². The van der Waals surface area contributed by atoms with Crippen molar-refractivity contribution in [3.63, 3.8) is 0 Å². The van der Waals surface area contributed by atoms with Crippen molar-refractivity contribution >= 4 is 32.7 Å². The zero-order chi connectivity index (χ0) is 16.8. The van der Waals surface area contributed by atoms with E-state index < -0.39 is 0 Å². The summed E-state index contributed by atoms with van der Waals surface area (Å²) in [7, 11) is 0. The number of anilines is 1. The Balaban J connectivity index is 0.000000433. The standard InChI is InChI=1S/C14H16BrN3O.C3H8O/c15-9-1-6-13-12(7-9)14(17-8-16-13)18-10-2-4-11(19)5-3-10;1-3(2)4/h1,6-8,10-11,19H,2-5H2,(H,16,17,18);3-4H,1-2H3. The zero-order valence-electron chi connectivity index (χ0n) is 13.5. The van der Waals surface area contributed by atoms with Gasteiger partial charge in [-0.25, -0.2) is 9.97 Å². The molecule has 1 heterocycles. The summed E-state index contributed by atoms with van der Waals surface area (Å²) in [5, 5.41) is 22.1. The van der Waals surface area contributed by atoms with E-state index in [0.717, 1.165) is 46.9 Å². The topological polar surface area (TPSA) is 78.3 Å². The zero-order valence-corrected chi connectivity index (χ0v) is 15.1. The van der Waals surface area contributed by atoms with Crippen LogP contribution in [0.2, 0.25) is 0 Å². The summed E-state index contributed by atoms with van der Waals surface area (Å²) in [5.74, 6) is 0.882. The highest BCUT2D eigenvalue weighted by atomic mass is 79.9. The number of aliphatic hydroxyl groups excluding tert-OH is 2. The number of nitrogens with one attached hydrogen (secondary N) is 1. The third-order valence-corrected chi connectivity index (χ3v) is 4.13. The molecule has 2 aromatic rings. The number of benzene rings is 1. The summed E-state index contributed by atoms with van der Waals surface area (Å²) in [5.41, 5.74) is 0.941. The number of halogens is 1. The molecule has 1 aliphatic rings. The third-order valence-electron chi connectivity index (χ3n) is 3.63. The van der Waals surface area contributed by atoms with Crippen LogP contribution in [0.3, 0.4) is 0 Å². The molecule has 0 bridgehead atoms. The first-order valence-corrected chi connectivity index (χ1v) is 8.78. The first-order chi connectivity index (χ1) is 11.0. The van der Waals surface area contributed by atoms with Crippen molar-refractivity contribution in [3.8, 4) is 0 Å². The van der Waals surface area contributed by atoms with Gasteiger partial charge in [-0.05, 0) is 57.7 Å². The molecule has 126 valence electrons. The molecule has 0 aliphatic heterocycles. The largest absolute Gasteiger partial charge is 0.394 e. The van der Waals surface area contributed by atoms with Crippen molar-refractivity contribution in [3.05, 3.63) is 29.0 Å². The van der Waals surface area contributed by atoms with Crippen molar-refractivity contribution in [2.24, 2.45) is 0 Å². The van der Waals surface area contributed by atoms with E-state index in [9.17, 15) is 5.11 Å². The normalized spacial score (nSPS) is 21.0. The van der Waals surface area contributed by atoms with Crippen LogP contribution in [0.15, 0.2) is 29.0 Å². The molecule has 23 heavy (non-hydrogen) atoms. The van der Waals surface area contributed by atoms with Crippen LogP contribution in [0.4, 0.5) is 5.82 Å². The van der Waals surface area contributed by atoms with Crippen LogP contribution in [0, 0.1) is 0 Å². The van der Waals surface area contributed by atoms with E-state index in [1.807, 2.05) is 18.2 Å². The molecule has 1 aliphatic carbocycles. The van der Waals surface area contributed by atoms with E-state index in [0.29, 0.717) is 6.04 Å². The quantitative estimate of drug-likeness (QED) is 0.741. The maximum absolute atomic E-state index is 9.54. The van der Waals surface area contributed by atoms with Crippen molar-refractivity contribution in [2.75, 3.05) is 5.32 Å². The monoisotopic (exact) mass is 381 g/mol. The van der Waals surface area contributed by atoms with Crippen LogP contribution in [0.5, 0.6) is 0 Å². The summed E-state index contributed by atoms with van der Waals surface area (Å²) in [6, 6.07) is 6.39. The number of fused-ring (bicyclic) bond motifs is 1. The van der Waals surface area contributed by atoms with Crippen LogP contribution >= 0.6 is 15.9 Å². The molecule has 0 saturated heterocycles. The van der Waals surface area contributed by atoms with Gasteiger partial charge < -0.3 is 15.5 Å². The van der Waals surface area contributed by atoms with Crippen LogP contribution in [-0.2, 0) is 0 Å². The maximum atomic E-state index is 9.54. The summed E-state index contributed by atoms with van der Waals surface area (Å²) in [4.78, 5) is 8.63. The highest BCUT2D eigenvalue weighted by molar-refractivity contribution is 9.10. The molecule has 1 saturated carbocycles. The molecular formula is C17H24BrN3O2. The van der Waals surface area contributed by atoms with E-state index in [1.54, 1.807) is 20.2 Å². The summed E-state index contributed by atoms with van der Waals surface area (Å²) in [6.07, 6.45) is 5.00. The van der Waals surface area contributed by atoms with E-state index >= 15 is 0 Å². The van der Waals surface area contributed by atoms with Crippen molar-refractivity contribution in [2.45, 2.75) is 57.8 Å². The van der Waals surface area contributed by atoms with Gasteiger partial charge in [0.05, 0.1) is 11.6 Å². The van der Waals surface area contributed by atoms with Crippen molar-refractivity contribution in [1.82, 2.24) is 9.97 Å². The second-order valence-corrected chi connectivity index (χ2v) is 7.04. The fourth-order valence-corrected chi connectivity index (χ4v) is 2.92. The first kappa shape index (κ1) is 18.1.